The molecule has 0 amide bonds. The molecule has 2 nitrogen and oxygen atoms in total. The second-order valence-electron chi connectivity index (χ2n) is 4.30. The van der Waals surface area contributed by atoms with E-state index in [-0.39, 0.29) is 5.56 Å². The van der Waals surface area contributed by atoms with Crippen LogP contribution in [0.1, 0.15) is 17.2 Å². The third-order valence-electron chi connectivity index (χ3n) is 2.72. The van der Waals surface area contributed by atoms with Crippen LogP contribution in [0.15, 0.2) is 42.5 Å². The van der Waals surface area contributed by atoms with E-state index in [0.29, 0.717) is 11.6 Å². The van der Waals surface area contributed by atoms with Crippen LogP contribution in [0.25, 0.3) is 0 Å². The average molecular weight is 303 g/mol. The van der Waals surface area contributed by atoms with Crippen molar-refractivity contribution < 1.29 is 26.7 Å². The van der Waals surface area contributed by atoms with Crippen LogP contribution >= 0.6 is 0 Å². The SMILES string of the molecule is N[C@H](c1ccc(OC(F)(F)F)cc1)c1cc(F)cc(F)c1. The molecule has 0 fully saturated rings. The number of hydrogen-bond acceptors (Lipinski definition) is 2. The molecule has 2 N–H and O–H groups in total. The van der Waals surface area contributed by atoms with Gasteiger partial charge in [-0.15, -0.1) is 13.2 Å². The third kappa shape index (κ3) is 4.16. The Morgan fingerprint density at radius 1 is 0.857 bits per heavy atom. The first-order chi connectivity index (χ1) is 9.74. The van der Waals surface area contributed by atoms with E-state index in [1.807, 2.05) is 0 Å². The fourth-order valence-corrected chi connectivity index (χ4v) is 1.82. The Morgan fingerprint density at radius 2 is 1.38 bits per heavy atom. The van der Waals surface area contributed by atoms with Crippen molar-refractivity contribution in [3.8, 4) is 5.75 Å². The number of rotatable bonds is 3. The molecule has 0 saturated carbocycles. The molecule has 1 atom stereocenters. The Hall–Kier alpha value is -2.15. The zero-order valence-electron chi connectivity index (χ0n) is 10.5. The smallest absolute Gasteiger partial charge is 0.406 e. The lowest BCUT2D eigenvalue weighted by Gasteiger charge is -2.14. The van der Waals surface area contributed by atoms with Gasteiger partial charge in [-0.3, -0.25) is 0 Å². The van der Waals surface area contributed by atoms with Crippen LogP contribution in [0.4, 0.5) is 22.0 Å². The van der Waals surface area contributed by atoms with Gasteiger partial charge >= 0.3 is 6.36 Å². The van der Waals surface area contributed by atoms with Gasteiger partial charge in [0.25, 0.3) is 0 Å². The second-order valence-corrected chi connectivity index (χ2v) is 4.30. The molecular weight excluding hydrogens is 293 g/mol. The summed E-state index contributed by atoms with van der Waals surface area (Å²) in [6, 6.07) is 6.73. The predicted molar refractivity (Wildman–Crippen MR) is 65.5 cm³/mol. The Morgan fingerprint density at radius 3 is 1.86 bits per heavy atom. The summed E-state index contributed by atoms with van der Waals surface area (Å²) in [7, 11) is 0. The van der Waals surface area contributed by atoms with Gasteiger partial charge in [0, 0.05) is 6.07 Å². The summed E-state index contributed by atoms with van der Waals surface area (Å²) in [5, 5.41) is 0. The van der Waals surface area contributed by atoms with Crippen molar-refractivity contribution >= 4 is 0 Å². The second kappa shape index (κ2) is 5.69. The highest BCUT2D eigenvalue weighted by Gasteiger charge is 2.31. The largest absolute Gasteiger partial charge is 0.573 e. The quantitative estimate of drug-likeness (QED) is 0.873. The minimum absolute atomic E-state index is 0.178. The van der Waals surface area contributed by atoms with Crippen molar-refractivity contribution in [1.29, 1.82) is 0 Å². The summed E-state index contributed by atoms with van der Waals surface area (Å²) in [6.07, 6.45) is -4.78. The van der Waals surface area contributed by atoms with Crippen LogP contribution < -0.4 is 10.5 Å². The van der Waals surface area contributed by atoms with Gasteiger partial charge in [0.1, 0.15) is 17.4 Å². The number of halogens is 5. The summed E-state index contributed by atoms with van der Waals surface area (Å²) in [5.41, 5.74) is 6.41. The zero-order chi connectivity index (χ0) is 15.6. The number of nitrogens with two attached hydrogens (primary N) is 1. The van der Waals surface area contributed by atoms with E-state index in [4.69, 9.17) is 5.73 Å². The minimum Gasteiger partial charge on any atom is -0.406 e. The summed E-state index contributed by atoms with van der Waals surface area (Å²) < 4.78 is 66.0. The highest BCUT2D eigenvalue weighted by atomic mass is 19.4. The molecule has 0 saturated heterocycles. The Balaban J connectivity index is 2.21. The van der Waals surface area contributed by atoms with Crippen molar-refractivity contribution in [2.24, 2.45) is 5.73 Å². The van der Waals surface area contributed by atoms with Gasteiger partial charge in [-0.2, -0.15) is 0 Å². The maximum absolute atomic E-state index is 13.1. The van der Waals surface area contributed by atoms with Crippen LogP contribution in [-0.4, -0.2) is 6.36 Å². The fourth-order valence-electron chi connectivity index (χ4n) is 1.82. The first-order valence-electron chi connectivity index (χ1n) is 5.82. The van der Waals surface area contributed by atoms with Crippen molar-refractivity contribution in [3.63, 3.8) is 0 Å². The van der Waals surface area contributed by atoms with Crippen LogP contribution in [0.3, 0.4) is 0 Å². The van der Waals surface area contributed by atoms with Crippen molar-refractivity contribution in [3.05, 3.63) is 65.2 Å². The van der Waals surface area contributed by atoms with E-state index >= 15 is 0 Å². The molecule has 0 aliphatic carbocycles. The van der Waals surface area contributed by atoms with Crippen LogP contribution in [0.5, 0.6) is 5.75 Å². The van der Waals surface area contributed by atoms with Gasteiger partial charge < -0.3 is 10.5 Å². The predicted octanol–water partition coefficient (Wildman–Crippen LogP) is 3.91. The fraction of sp³-hybridized carbons (Fsp3) is 0.143. The molecule has 0 bridgehead atoms. The van der Waals surface area contributed by atoms with E-state index in [1.165, 1.54) is 12.1 Å². The first-order valence-corrected chi connectivity index (χ1v) is 5.82. The molecule has 21 heavy (non-hydrogen) atoms. The molecule has 0 aromatic heterocycles. The van der Waals surface area contributed by atoms with Crippen LogP contribution in [-0.2, 0) is 0 Å². The normalized spacial score (nSPS) is 13.0. The number of hydrogen-bond donors (Lipinski definition) is 1. The molecule has 7 heteroatoms. The molecule has 0 spiro atoms. The summed E-state index contributed by atoms with van der Waals surface area (Å²) in [6.45, 7) is 0. The molecule has 2 aromatic carbocycles. The van der Waals surface area contributed by atoms with E-state index in [9.17, 15) is 22.0 Å². The first kappa shape index (κ1) is 15.2. The summed E-state index contributed by atoms with van der Waals surface area (Å²) in [5.74, 6) is -1.96. The molecule has 0 radical (unpaired) electrons. The van der Waals surface area contributed by atoms with Gasteiger partial charge in [0.15, 0.2) is 0 Å². The third-order valence-corrected chi connectivity index (χ3v) is 2.72. The maximum atomic E-state index is 13.1. The Kier molecular flexibility index (Phi) is 4.13. The monoisotopic (exact) mass is 303 g/mol. The molecule has 2 aromatic rings. The molecule has 2 rings (SSSR count). The topological polar surface area (TPSA) is 35.2 Å². The lowest BCUT2D eigenvalue weighted by Crippen LogP contribution is -2.17. The lowest BCUT2D eigenvalue weighted by atomic mass is 9.99. The molecule has 112 valence electrons. The van der Waals surface area contributed by atoms with Gasteiger partial charge in [-0.25, -0.2) is 8.78 Å². The summed E-state index contributed by atoms with van der Waals surface area (Å²) >= 11 is 0. The van der Waals surface area contributed by atoms with Gasteiger partial charge in [-0.05, 0) is 35.4 Å². The molecular formula is C14H10F5NO. The van der Waals surface area contributed by atoms with Crippen LogP contribution in [0, 0.1) is 11.6 Å². The van der Waals surface area contributed by atoms with Crippen LogP contribution in [0.2, 0.25) is 0 Å². The minimum atomic E-state index is -4.78. The highest BCUT2D eigenvalue weighted by molar-refractivity contribution is 5.35. The lowest BCUT2D eigenvalue weighted by molar-refractivity contribution is -0.274. The van der Waals surface area contributed by atoms with Gasteiger partial charge in [0.05, 0.1) is 6.04 Å². The maximum Gasteiger partial charge on any atom is 0.573 e. The Labute approximate surface area is 116 Å². The summed E-state index contributed by atoms with van der Waals surface area (Å²) in [4.78, 5) is 0. The van der Waals surface area contributed by atoms with Gasteiger partial charge in [-0.1, -0.05) is 12.1 Å². The standard InChI is InChI=1S/C14H10F5NO/c15-10-5-9(6-11(16)7-10)13(20)8-1-3-12(4-2-8)21-14(17,18)19/h1-7,13H,20H2/t13-/m1/s1. The number of ether oxygens (including phenoxy) is 1. The molecule has 0 unspecified atom stereocenters. The van der Waals surface area contributed by atoms with E-state index in [2.05, 4.69) is 4.74 Å². The van der Waals surface area contributed by atoms with Crippen molar-refractivity contribution in [1.82, 2.24) is 0 Å². The number of benzene rings is 2. The zero-order valence-corrected chi connectivity index (χ0v) is 10.5. The van der Waals surface area contributed by atoms with Crippen molar-refractivity contribution in [2.45, 2.75) is 12.4 Å². The van der Waals surface area contributed by atoms with E-state index in [1.54, 1.807) is 0 Å². The van der Waals surface area contributed by atoms with Gasteiger partial charge in [0.2, 0.25) is 0 Å². The molecule has 0 heterocycles. The highest BCUT2D eigenvalue weighted by Crippen LogP contribution is 2.26. The Bertz CT molecular complexity index is 604. The van der Waals surface area contributed by atoms with Crippen molar-refractivity contribution in [2.75, 3.05) is 0 Å². The number of alkyl halides is 3. The molecule has 0 aliphatic heterocycles. The van der Waals surface area contributed by atoms with E-state index in [0.717, 1.165) is 24.3 Å². The van der Waals surface area contributed by atoms with E-state index < -0.39 is 29.8 Å². The molecule has 0 aliphatic rings. The average Bonchev–Trinajstić information content (AvgIpc) is 2.35.